The molecule has 0 aliphatic heterocycles. The summed E-state index contributed by atoms with van der Waals surface area (Å²) in [5.41, 5.74) is 2.83. The second kappa shape index (κ2) is 4.13. The van der Waals surface area contributed by atoms with Crippen LogP contribution in [0.3, 0.4) is 0 Å². The molecule has 1 aromatic rings. The topological polar surface area (TPSA) is 63.8 Å². The summed E-state index contributed by atoms with van der Waals surface area (Å²) in [7, 11) is 0. The van der Waals surface area contributed by atoms with E-state index in [4.69, 9.17) is 5.84 Å². The Bertz CT molecular complexity index is 245. The Morgan fingerprint density at radius 3 is 3.00 bits per heavy atom. The first-order valence-corrected chi connectivity index (χ1v) is 5.41. The lowest BCUT2D eigenvalue weighted by atomic mass is 9.81. The van der Waals surface area contributed by atoms with E-state index < -0.39 is 0 Å². The van der Waals surface area contributed by atoms with Crippen molar-refractivity contribution in [2.24, 2.45) is 11.8 Å². The molecular formula is C8H14N4S. The maximum atomic E-state index is 5.49. The number of hydrogen-bond acceptors (Lipinski definition) is 5. The third-order valence-corrected chi connectivity index (χ3v) is 3.49. The molecule has 4 nitrogen and oxygen atoms in total. The molecule has 1 aromatic heterocycles. The molecule has 0 bridgehead atoms. The maximum Gasteiger partial charge on any atom is 0.0669 e. The first-order valence-electron chi connectivity index (χ1n) is 4.63. The molecule has 72 valence electrons. The van der Waals surface area contributed by atoms with Gasteiger partial charge in [0, 0.05) is 0 Å². The minimum Gasteiger partial charge on any atom is -0.271 e. The molecule has 2 rings (SSSR count). The van der Waals surface area contributed by atoms with Crippen LogP contribution in [0.25, 0.3) is 0 Å². The van der Waals surface area contributed by atoms with Gasteiger partial charge < -0.3 is 0 Å². The van der Waals surface area contributed by atoms with E-state index in [-0.39, 0.29) is 6.04 Å². The van der Waals surface area contributed by atoms with Gasteiger partial charge in [0.05, 0.1) is 17.1 Å². The summed E-state index contributed by atoms with van der Waals surface area (Å²) in [6.45, 7) is 0. The van der Waals surface area contributed by atoms with Crippen LogP contribution in [0.1, 0.15) is 36.6 Å². The van der Waals surface area contributed by atoms with Crippen LogP contribution in [0.15, 0.2) is 6.20 Å². The van der Waals surface area contributed by atoms with E-state index in [0.29, 0.717) is 0 Å². The van der Waals surface area contributed by atoms with Crippen molar-refractivity contribution >= 4 is 11.5 Å². The average Bonchev–Trinajstić information content (AvgIpc) is 2.55. The van der Waals surface area contributed by atoms with E-state index in [1.165, 1.54) is 30.8 Å². The van der Waals surface area contributed by atoms with Crippen LogP contribution in [0.4, 0.5) is 0 Å². The van der Waals surface area contributed by atoms with Crippen LogP contribution in [-0.2, 0) is 0 Å². The van der Waals surface area contributed by atoms with Crippen molar-refractivity contribution in [3.63, 3.8) is 0 Å². The van der Waals surface area contributed by atoms with Crippen LogP contribution >= 0.6 is 11.5 Å². The van der Waals surface area contributed by atoms with Gasteiger partial charge in [0.1, 0.15) is 0 Å². The second-order valence-electron chi connectivity index (χ2n) is 3.57. The van der Waals surface area contributed by atoms with Gasteiger partial charge in [-0.2, -0.15) is 0 Å². The zero-order valence-electron chi connectivity index (χ0n) is 7.44. The summed E-state index contributed by atoms with van der Waals surface area (Å²) in [6.07, 6.45) is 7.01. The number of rotatable bonds is 4. The molecule has 5 heteroatoms. The zero-order chi connectivity index (χ0) is 9.10. The molecule has 1 heterocycles. The summed E-state index contributed by atoms with van der Waals surface area (Å²) in [6, 6.07) is 0.255. The van der Waals surface area contributed by atoms with E-state index in [2.05, 4.69) is 15.0 Å². The predicted octanol–water partition coefficient (Wildman–Crippen LogP) is 1.23. The largest absolute Gasteiger partial charge is 0.271 e. The van der Waals surface area contributed by atoms with Crippen molar-refractivity contribution in [3.8, 4) is 0 Å². The van der Waals surface area contributed by atoms with Gasteiger partial charge in [-0.15, -0.1) is 5.10 Å². The van der Waals surface area contributed by atoms with Crippen molar-refractivity contribution in [2.75, 3.05) is 0 Å². The van der Waals surface area contributed by atoms with Crippen LogP contribution in [-0.4, -0.2) is 9.59 Å². The second-order valence-corrected chi connectivity index (χ2v) is 4.39. The van der Waals surface area contributed by atoms with Crippen molar-refractivity contribution in [1.29, 1.82) is 0 Å². The van der Waals surface area contributed by atoms with Crippen molar-refractivity contribution in [1.82, 2.24) is 15.0 Å². The molecule has 1 unspecified atom stereocenters. The highest BCUT2D eigenvalue weighted by Gasteiger charge is 2.23. The number of nitrogens with two attached hydrogens (primary N) is 1. The molecule has 0 radical (unpaired) electrons. The van der Waals surface area contributed by atoms with E-state index in [1.807, 2.05) is 0 Å². The predicted molar refractivity (Wildman–Crippen MR) is 51.9 cm³/mol. The lowest BCUT2D eigenvalue weighted by Crippen LogP contribution is -2.30. The molecule has 0 aromatic carbocycles. The third kappa shape index (κ3) is 2.04. The average molecular weight is 198 g/mol. The summed E-state index contributed by atoms with van der Waals surface area (Å²) in [4.78, 5) is 1.15. The molecule has 1 atom stereocenters. The smallest absolute Gasteiger partial charge is 0.0669 e. The Balaban J connectivity index is 1.92. The Morgan fingerprint density at radius 1 is 1.69 bits per heavy atom. The minimum absolute atomic E-state index is 0.255. The molecule has 0 amide bonds. The maximum absolute atomic E-state index is 5.49. The van der Waals surface area contributed by atoms with Crippen LogP contribution in [0.5, 0.6) is 0 Å². The van der Waals surface area contributed by atoms with Gasteiger partial charge in [0.15, 0.2) is 0 Å². The highest BCUT2D eigenvalue weighted by molar-refractivity contribution is 7.05. The number of hydrazine groups is 1. The molecule has 1 saturated carbocycles. The highest BCUT2D eigenvalue weighted by atomic mass is 32.1. The lowest BCUT2D eigenvalue weighted by Gasteiger charge is -2.28. The van der Waals surface area contributed by atoms with Gasteiger partial charge in [-0.25, -0.2) is 0 Å². The molecular weight excluding hydrogens is 184 g/mol. The Labute approximate surface area is 81.7 Å². The monoisotopic (exact) mass is 198 g/mol. The molecule has 1 fully saturated rings. The van der Waals surface area contributed by atoms with Gasteiger partial charge in [-0.3, -0.25) is 11.3 Å². The number of aromatic nitrogens is 2. The molecule has 0 saturated heterocycles. The number of nitrogens with one attached hydrogen (secondary N) is 1. The fraction of sp³-hybridized carbons (Fsp3) is 0.750. The third-order valence-electron chi connectivity index (χ3n) is 2.72. The van der Waals surface area contributed by atoms with Crippen molar-refractivity contribution in [3.05, 3.63) is 11.1 Å². The minimum atomic E-state index is 0.255. The Morgan fingerprint density at radius 2 is 2.54 bits per heavy atom. The first-order chi connectivity index (χ1) is 6.40. The number of hydrogen-bond donors (Lipinski definition) is 2. The van der Waals surface area contributed by atoms with E-state index in [1.54, 1.807) is 6.20 Å². The van der Waals surface area contributed by atoms with E-state index in [0.717, 1.165) is 17.2 Å². The standard InChI is InChI=1S/C8H14N4S/c9-11-7(4-6-2-1-3-6)8-5-10-12-13-8/h5-7,11H,1-4,9H2. The van der Waals surface area contributed by atoms with Crippen LogP contribution in [0, 0.1) is 5.92 Å². The van der Waals surface area contributed by atoms with Crippen LogP contribution in [0.2, 0.25) is 0 Å². The molecule has 0 spiro atoms. The summed E-state index contributed by atoms with van der Waals surface area (Å²) >= 11 is 1.43. The summed E-state index contributed by atoms with van der Waals surface area (Å²) in [5, 5.41) is 3.82. The SMILES string of the molecule is NNC(CC1CCC1)c1cnns1. The fourth-order valence-corrected chi connectivity index (χ4v) is 2.23. The van der Waals surface area contributed by atoms with E-state index in [9.17, 15) is 0 Å². The first kappa shape index (κ1) is 9.05. The van der Waals surface area contributed by atoms with Crippen LogP contribution < -0.4 is 11.3 Å². The fourth-order valence-electron chi connectivity index (χ4n) is 1.66. The Hall–Kier alpha value is -0.520. The summed E-state index contributed by atoms with van der Waals surface area (Å²) in [5.74, 6) is 6.34. The zero-order valence-corrected chi connectivity index (χ0v) is 8.26. The van der Waals surface area contributed by atoms with Gasteiger partial charge in [0.25, 0.3) is 0 Å². The van der Waals surface area contributed by atoms with Crippen molar-refractivity contribution in [2.45, 2.75) is 31.7 Å². The highest BCUT2D eigenvalue weighted by Crippen LogP contribution is 2.34. The van der Waals surface area contributed by atoms with Gasteiger partial charge in [-0.05, 0) is 23.9 Å². The quantitative estimate of drug-likeness (QED) is 0.564. The molecule has 13 heavy (non-hydrogen) atoms. The lowest BCUT2D eigenvalue weighted by molar-refractivity contribution is 0.263. The Kier molecular flexibility index (Phi) is 2.87. The van der Waals surface area contributed by atoms with Gasteiger partial charge >= 0.3 is 0 Å². The van der Waals surface area contributed by atoms with Crippen molar-refractivity contribution < 1.29 is 0 Å². The normalized spacial score (nSPS) is 19.8. The summed E-state index contributed by atoms with van der Waals surface area (Å²) < 4.78 is 3.84. The van der Waals surface area contributed by atoms with Gasteiger partial charge in [0.2, 0.25) is 0 Å². The molecule has 3 N–H and O–H groups in total. The van der Waals surface area contributed by atoms with E-state index >= 15 is 0 Å². The van der Waals surface area contributed by atoms with Gasteiger partial charge in [-0.1, -0.05) is 23.8 Å². The molecule has 1 aliphatic carbocycles. The molecule has 1 aliphatic rings. The number of nitrogens with zero attached hydrogens (tertiary/aromatic N) is 2.